The maximum Gasteiger partial charge on any atom is 0.270 e. The standard InChI is InChI=1S/C28H30N6O4/c1-38-25-6-2-5-22-21(25)13-23(33-22)28(37)34-16-18(10-17-4-3-8-30-15-17)11-24(34)27(36)32-20(14-29)12-19-7-9-31-26(19)35/h2-6,8,13,15,18-20,24,33H,7,9-12,16H2,1H3,(H,31,35)(H,32,36)/t18-,19?,20+,24+/m1/s1. The molecule has 0 bridgehead atoms. The quantitative estimate of drug-likeness (QED) is 0.421. The number of carbonyl (C=O) groups is 3. The molecule has 4 atom stereocenters. The summed E-state index contributed by atoms with van der Waals surface area (Å²) in [4.78, 5) is 48.2. The average molecular weight is 515 g/mol. The first-order valence-electron chi connectivity index (χ1n) is 12.8. The third-order valence-electron chi connectivity index (χ3n) is 7.43. The molecule has 1 aromatic carbocycles. The number of ether oxygens (including phenoxy) is 1. The van der Waals surface area contributed by atoms with Crippen LogP contribution >= 0.6 is 0 Å². The predicted octanol–water partition coefficient (Wildman–Crippen LogP) is 2.18. The molecule has 196 valence electrons. The summed E-state index contributed by atoms with van der Waals surface area (Å²) in [6.45, 7) is 0.965. The van der Waals surface area contributed by atoms with E-state index in [9.17, 15) is 19.6 Å². The number of aromatic amines is 1. The number of fused-ring (bicyclic) bond motifs is 1. The fraction of sp³-hybridized carbons (Fsp3) is 0.393. The molecule has 0 aliphatic carbocycles. The van der Waals surface area contributed by atoms with Crippen molar-refractivity contribution in [3.8, 4) is 11.8 Å². The largest absolute Gasteiger partial charge is 0.496 e. The molecule has 10 nitrogen and oxygen atoms in total. The van der Waals surface area contributed by atoms with Crippen molar-refractivity contribution < 1.29 is 19.1 Å². The number of rotatable bonds is 8. The van der Waals surface area contributed by atoms with Crippen LogP contribution in [-0.4, -0.2) is 64.9 Å². The minimum atomic E-state index is -0.817. The summed E-state index contributed by atoms with van der Waals surface area (Å²) in [6.07, 6.45) is 5.51. The first-order chi connectivity index (χ1) is 18.5. The van der Waals surface area contributed by atoms with Crippen molar-refractivity contribution in [2.45, 2.75) is 37.8 Å². The van der Waals surface area contributed by atoms with Crippen molar-refractivity contribution in [1.82, 2.24) is 25.5 Å². The maximum absolute atomic E-state index is 13.7. The van der Waals surface area contributed by atoms with Gasteiger partial charge in [-0.15, -0.1) is 0 Å². The van der Waals surface area contributed by atoms with Crippen LogP contribution in [0.3, 0.4) is 0 Å². The van der Waals surface area contributed by atoms with Gasteiger partial charge in [-0.25, -0.2) is 0 Å². The third-order valence-corrected chi connectivity index (χ3v) is 7.43. The predicted molar refractivity (Wildman–Crippen MR) is 139 cm³/mol. The number of hydrogen-bond acceptors (Lipinski definition) is 6. The number of methoxy groups -OCH3 is 1. The normalized spacial score (nSPS) is 21.6. The Morgan fingerprint density at radius 3 is 2.89 bits per heavy atom. The number of nitriles is 1. The first kappa shape index (κ1) is 25.3. The monoisotopic (exact) mass is 514 g/mol. The van der Waals surface area contributed by atoms with E-state index >= 15 is 0 Å². The molecule has 2 aliphatic heterocycles. The number of aromatic nitrogens is 2. The second-order valence-electron chi connectivity index (χ2n) is 9.95. The number of likely N-dealkylation sites (tertiary alicyclic amines) is 1. The SMILES string of the molecule is COc1cccc2[nH]c(C(=O)N3C[C@H](Cc4cccnc4)C[C@H]3C(=O)N[C@H](C#N)CC3CCNC3=O)cc12. The zero-order valence-electron chi connectivity index (χ0n) is 21.1. The number of benzene rings is 1. The Balaban J connectivity index is 1.37. The van der Waals surface area contributed by atoms with Crippen LogP contribution in [-0.2, 0) is 16.0 Å². The van der Waals surface area contributed by atoms with Crippen LogP contribution in [0.4, 0.5) is 0 Å². The Kier molecular flexibility index (Phi) is 7.26. The summed E-state index contributed by atoms with van der Waals surface area (Å²) in [5.41, 5.74) is 2.16. The van der Waals surface area contributed by atoms with Gasteiger partial charge in [0.1, 0.15) is 23.5 Å². The van der Waals surface area contributed by atoms with Gasteiger partial charge >= 0.3 is 0 Å². The number of carbonyl (C=O) groups excluding carboxylic acids is 3. The molecule has 4 heterocycles. The lowest BCUT2D eigenvalue weighted by Crippen LogP contribution is -2.49. The summed E-state index contributed by atoms with van der Waals surface area (Å²) in [5, 5.41) is 16.0. The molecule has 0 radical (unpaired) electrons. The molecule has 2 aromatic heterocycles. The molecule has 3 aromatic rings. The van der Waals surface area contributed by atoms with Gasteiger partial charge in [0.2, 0.25) is 11.8 Å². The lowest BCUT2D eigenvalue weighted by Gasteiger charge is -2.25. The fourth-order valence-electron chi connectivity index (χ4n) is 5.54. The molecule has 2 saturated heterocycles. The molecule has 0 saturated carbocycles. The van der Waals surface area contributed by atoms with E-state index in [2.05, 4.69) is 26.7 Å². The Bertz CT molecular complexity index is 1380. The lowest BCUT2D eigenvalue weighted by molar-refractivity contribution is -0.126. The van der Waals surface area contributed by atoms with Crippen molar-refractivity contribution in [2.75, 3.05) is 20.2 Å². The third kappa shape index (κ3) is 5.18. The van der Waals surface area contributed by atoms with Gasteiger partial charge in [-0.3, -0.25) is 19.4 Å². The smallest absolute Gasteiger partial charge is 0.270 e. The number of amides is 3. The number of nitrogens with one attached hydrogen (secondary N) is 3. The van der Waals surface area contributed by atoms with Crippen molar-refractivity contribution in [1.29, 1.82) is 5.26 Å². The second kappa shape index (κ2) is 10.9. The molecule has 0 spiro atoms. The van der Waals surface area contributed by atoms with Crippen LogP contribution in [0.15, 0.2) is 48.8 Å². The van der Waals surface area contributed by atoms with E-state index in [0.29, 0.717) is 43.8 Å². The van der Waals surface area contributed by atoms with Crippen LogP contribution in [0.25, 0.3) is 10.9 Å². The summed E-state index contributed by atoms with van der Waals surface area (Å²) in [6, 6.07) is 11.7. The summed E-state index contributed by atoms with van der Waals surface area (Å²) >= 11 is 0. The highest BCUT2D eigenvalue weighted by Crippen LogP contribution is 2.31. The number of hydrogen-bond donors (Lipinski definition) is 3. The number of nitrogens with zero attached hydrogens (tertiary/aromatic N) is 3. The van der Waals surface area contributed by atoms with E-state index in [4.69, 9.17) is 4.74 Å². The summed E-state index contributed by atoms with van der Waals surface area (Å²) in [7, 11) is 1.58. The molecule has 1 unspecified atom stereocenters. The Morgan fingerprint density at radius 2 is 2.18 bits per heavy atom. The average Bonchev–Trinajstić information content (AvgIpc) is 3.66. The van der Waals surface area contributed by atoms with E-state index < -0.39 is 12.1 Å². The number of H-pyrrole nitrogens is 1. The zero-order chi connectivity index (χ0) is 26.6. The van der Waals surface area contributed by atoms with Gasteiger partial charge in [0.25, 0.3) is 5.91 Å². The topological polar surface area (TPSA) is 140 Å². The van der Waals surface area contributed by atoms with Crippen LogP contribution in [0, 0.1) is 23.2 Å². The van der Waals surface area contributed by atoms with E-state index in [-0.39, 0.29) is 36.0 Å². The summed E-state index contributed by atoms with van der Waals surface area (Å²) < 4.78 is 5.43. The fourth-order valence-corrected chi connectivity index (χ4v) is 5.54. The molecule has 3 amide bonds. The van der Waals surface area contributed by atoms with Crippen LogP contribution in [0.5, 0.6) is 5.75 Å². The zero-order valence-corrected chi connectivity index (χ0v) is 21.1. The van der Waals surface area contributed by atoms with Gasteiger partial charge in [-0.1, -0.05) is 12.1 Å². The van der Waals surface area contributed by atoms with Crippen LogP contribution < -0.4 is 15.4 Å². The minimum absolute atomic E-state index is 0.0407. The van der Waals surface area contributed by atoms with Crippen molar-refractivity contribution >= 4 is 28.6 Å². The molecular weight excluding hydrogens is 484 g/mol. The highest BCUT2D eigenvalue weighted by atomic mass is 16.5. The van der Waals surface area contributed by atoms with E-state index in [1.165, 1.54) is 0 Å². The Morgan fingerprint density at radius 1 is 1.32 bits per heavy atom. The maximum atomic E-state index is 13.7. The number of pyridine rings is 1. The van der Waals surface area contributed by atoms with Gasteiger partial charge in [0.15, 0.2) is 0 Å². The molecule has 2 fully saturated rings. The van der Waals surface area contributed by atoms with Gasteiger partial charge in [-0.05, 0) is 61.4 Å². The molecule has 2 aliphatic rings. The lowest BCUT2D eigenvalue weighted by atomic mass is 9.96. The Labute approximate surface area is 220 Å². The molecule has 3 N–H and O–H groups in total. The van der Waals surface area contributed by atoms with Gasteiger partial charge in [0, 0.05) is 42.3 Å². The van der Waals surface area contributed by atoms with Gasteiger partial charge in [0.05, 0.1) is 13.2 Å². The molecule has 10 heteroatoms. The van der Waals surface area contributed by atoms with Crippen molar-refractivity contribution in [3.05, 3.63) is 60.0 Å². The van der Waals surface area contributed by atoms with Gasteiger partial charge in [-0.2, -0.15) is 5.26 Å². The van der Waals surface area contributed by atoms with Crippen LogP contribution in [0.1, 0.15) is 35.3 Å². The first-order valence-corrected chi connectivity index (χ1v) is 12.8. The van der Waals surface area contributed by atoms with E-state index in [1.807, 2.05) is 30.3 Å². The van der Waals surface area contributed by atoms with E-state index in [0.717, 1.165) is 16.5 Å². The summed E-state index contributed by atoms with van der Waals surface area (Å²) in [5.74, 6) is -0.384. The van der Waals surface area contributed by atoms with Crippen molar-refractivity contribution in [2.24, 2.45) is 11.8 Å². The van der Waals surface area contributed by atoms with Gasteiger partial charge < -0.3 is 25.3 Å². The molecular formula is C28H30N6O4. The molecule has 5 rings (SSSR count). The second-order valence-corrected chi connectivity index (χ2v) is 9.95. The Hall–Kier alpha value is -4.39. The van der Waals surface area contributed by atoms with E-state index in [1.54, 1.807) is 30.5 Å². The van der Waals surface area contributed by atoms with Crippen molar-refractivity contribution in [3.63, 3.8) is 0 Å². The minimum Gasteiger partial charge on any atom is -0.496 e. The highest BCUT2D eigenvalue weighted by molar-refractivity contribution is 6.01. The van der Waals surface area contributed by atoms with Crippen LogP contribution in [0.2, 0.25) is 0 Å². The molecule has 38 heavy (non-hydrogen) atoms. The highest BCUT2D eigenvalue weighted by Gasteiger charge is 2.41.